The molecule has 2 rings (SSSR count). The zero-order chi connectivity index (χ0) is 17.0. The Morgan fingerprint density at radius 3 is 2.35 bits per heavy atom. The molecule has 2 aromatic carbocycles. The third kappa shape index (κ3) is 3.26. The van der Waals surface area contributed by atoms with Crippen molar-refractivity contribution in [3.63, 3.8) is 0 Å². The van der Waals surface area contributed by atoms with Gasteiger partial charge in [0.15, 0.2) is 5.78 Å². The molecule has 0 atom stereocenters. The Bertz CT molecular complexity index is 774. The fourth-order valence-corrected chi connectivity index (χ4v) is 2.29. The molecule has 2 aromatic rings. The second kappa shape index (κ2) is 6.83. The van der Waals surface area contributed by atoms with E-state index in [-0.39, 0.29) is 28.9 Å². The van der Waals surface area contributed by atoms with Crippen molar-refractivity contribution in [1.29, 1.82) is 0 Å². The van der Waals surface area contributed by atoms with Crippen LogP contribution in [0.3, 0.4) is 0 Å². The average Bonchev–Trinajstić information content (AvgIpc) is 2.56. The second-order valence-electron chi connectivity index (χ2n) is 5.13. The molecule has 4 nitrogen and oxygen atoms in total. The molecule has 0 aliphatic rings. The van der Waals surface area contributed by atoms with Gasteiger partial charge in [0.05, 0.1) is 0 Å². The predicted molar refractivity (Wildman–Crippen MR) is 89.9 cm³/mol. The highest BCUT2D eigenvalue weighted by atomic mass is 16.3. The van der Waals surface area contributed by atoms with Crippen molar-refractivity contribution < 1.29 is 20.1 Å². The second-order valence-corrected chi connectivity index (χ2v) is 5.13. The van der Waals surface area contributed by atoms with Gasteiger partial charge >= 0.3 is 0 Å². The van der Waals surface area contributed by atoms with Gasteiger partial charge in [-0.05, 0) is 25.0 Å². The summed E-state index contributed by atoms with van der Waals surface area (Å²) in [6.45, 7) is 5.04. The van der Waals surface area contributed by atoms with Gasteiger partial charge in [0, 0.05) is 11.1 Å². The van der Waals surface area contributed by atoms with Crippen molar-refractivity contribution >= 4 is 11.9 Å². The highest BCUT2D eigenvalue weighted by Gasteiger charge is 2.23. The zero-order valence-corrected chi connectivity index (χ0v) is 12.8. The largest absolute Gasteiger partial charge is 0.507 e. The summed E-state index contributed by atoms with van der Waals surface area (Å²) < 4.78 is 0. The summed E-state index contributed by atoms with van der Waals surface area (Å²) >= 11 is 0. The first kappa shape index (κ1) is 16.4. The van der Waals surface area contributed by atoms with Crippen LogP contribution in [0, 0.1) is 6.92 Å². The molecular formula is C19H18O4. The Balaban J connectivity index is 2.48. The van der Waals surface area contributed by atoms with Gasteiger partial charge in [-0.25, -0.2) is 0 Å². The maximum Gasteiger partial charge on any atom is 0.193 e. The van der Waals surface area contributed by atoms with Crippen LogP contribution in [-0.2, 0) is 6.42 Å². The Morgan fingerprint density at radius 2 is 1.74 bits per heavy atom. The van der Waals surface area contributed by atoms with Gasteiger partial charge < -0.3 is 15.3 Å². The number of allylic oxidation sites excluding steroid dienone is 2. The van der Waals surface area contributed by atoms with Crippen molar-refractivity contribution in [2.24, 2.45) is 0 Å². The van der Waals surface area contributed by atoms with Crippen LogP contribution in [0.1, 0.15) is 27.0 Å². The van der Waals surface area contributed by atoms with Gasteiger partial charge in [0.25, 0.3) is 0 Å². The number of carbonyl (C=O) groups excluding carboxylic acids is 1. The van der Waals surface area contributed by atoms with E-state index < -0.39 is 17.3 Å². The first-order valence-corrected chi connectivity index (χ1v) is 7.12. The third-order valence-electron chi connectivity index (χ3n) is 3.58. The van der Waals surface area contributed by atoms with E-state index in [9.17, 15) is 20.1 Å². The first-order chi connectivity index (χ1) is 11.0. The summed E-state index contributed by atoms with van der Waals surface area (Å²) in [5.74, 6) is -1.62. The van der Waals surface area contributed by atoms with Gasteiger partial charge in [-0.2, -0.15) is 0 Å². The standard InChI is InChI=1S/C19H18O4/c1-3-7-14-17(21)12(2)18(22)16(19(14)23)15(20)11-10-13-8-5-4-6-9-13/h3-6,8-11,21-23H,1,7H2,2H3/b11-10+. The molecule has 0 unspecified atom stereocenters. The van der Waals surface area contributed by atoms with E-state index in [0.29, 0.717) is 0 Å². The van der Waals surface area contributed by atoms with Crippen LogP contribution in [0.4, 0.5) is 0 Å². The van der Waals surface area contributed by atoms with Crippen molar-refractivity contribution in [3.05, 3.63) is 71.3 Å². The lowest BCUT2D eigenvalue weighted by molar-refractivity contribution is 0.104. The quantitative estimate of drug-likeness (QED) is 0.446. The molecule has 0 saturated heterocycles. The van der Waals surface area contributed by atoms with Crippen LogP contribution < -0.4 is 0 Å². The SMILES string of the molecule is C=CCc1c(O)c(C)c(O)c(C(=O)/C=C/c2ccccc2)c1O. The highest BCUT2D eigenvalue weighted by molar-refractivity contribution is 6.11. The summed E-state index contributed by atoms with van der Waals surface area (Å²) in [5.41, 5.74) is 0.925. The molecule has 0 fully saturated rings. The smallest absolute Gasteiger partial charge is 0.193 e. The third-order valence-corrected chi connectivity index (χ3v) is 3.58. The number of phenolic OH excluding ortho intramolecular Hbond substituents is 3. The number of rotatable bonds is 5. The summed E-state index contributed by atoms with van der Waals surface area (Å²) in [5, 5.41) is 30.4. The maximum atomic E-state index is 12.4. The highest BCUT2D eigenvalue weighted by Crippen LogP contribution is 2.42. The Morgan fingerprint density at radius 1 is 1.09 bits per heavy atom. The minimum absolute atomic E-state index is 0.149. The molecule has 0 spiro atoms. The molecule has 0 aliphatic heterocycles. The van der Waals surface area contributed by atoms with Crippen LogP contribution in [0.15, 0.2) is 49.1 Å². The summed E-state index contributed by atoms with van der Waals surface area (Å²) in [4.78, 5) is 12.4. The molecule has 3 N–H and O–H groups in total. The van der Waals surface area contributed by atoms with E-state index in [4.69, 9.17) is 0 Å². The monoisotopic (exact) mass is 310 g/mol. The summed E-state index contributed by atoms with van der Waals surface area (Å²) in [6, 6.07) is 9.20. The lowest BCUT2D eigenvalue weighted by Gasteiger charge is -2.14. The zero-order valence-electron chi connectivity index (χ0n) is 12.8. The van der Waals surface area contributed by atoms with Crippen molar-refractivity contribution in [2.45, 2.75) is 13.3 Å². The number of carbonyl (C=O) groups is 1. The normalized spacial score (nSPS) is 10.8. The fraction of sp³-hybridized carbons (Fsp3) is 0.105. The molecular weight excluding hydrogens is 292 g/mol. The molecule has 0 bridgehead atoms. The van der Waals surface area contributed by atoms with Crippen LogP contribution in [0.5, 0.6) is 17.2 Å². The molecule has 0 heterocycles. The Hall–Kier alpha value is -3.01. The van der Waals surface area contributed by atoms with E-state index in [1.54, 1.807) is 6.08 Å². The van der Waals surface area contributed by atoms with Gasteiger partial charge in [0.1, 0.15) is 22.8 Å². The summed E-state index contributed by atoms with van der Waals surface area (Å²) in [6.07, 6.45) is 4.55. The number of ketones is 1. The van der Waals surface area contributed by atoms with Gasteiger partial charge in [-0.15, -0.1) is 6.58 Å². The van der Waals surface area contributed by atoms with Crippen LogP contribution in [0.2, 0.25) is 0 Å². The number of benzene rings is 2. The van der Waals surface area contributed by atoms with Gasteiger partial charge in [-0.3, -0.25) is 4.79 Å². The summed E-state index contributed by atoms with van der Waals surface area (Å²) in [7, 11) is 0. The minimum atomic E-state index is -0.544. The number of hydrogen-bond donors (Lipinski definition) is 3. The van der Waals surface area contributed by atoms with E-state index in [0.717, 1.165) is 5.56 Å². The lowest BCUT2D eigenvalue weighted by atomic mass is 9.96. The topological polar surface area (TPSA) is 77.8 Å². The average molecular weight is 310 g/mol. The molecule has 0 radical (unpaired) electrons. The first-order valence-electron chi connectivity index (χ1n) is 7.12. The lowest BCUT2D eigenvalue weighted by Crippen LogP contribution is -2.01. The van der Waals surface area contributed by atoms with Crippen LogP contribution >= 0.6 is 0 Å². The molecule has 0 saturated carbocycles. The maximum absolute atomic E-state index is 12.4. The number of aromatic hydroxyl groups is 3. The van der Waals surface area contributed by atoms with Gasteiger partial charge in [-0.1, -0.05) is 42.5 Å². The van der Waals surface area contributed by atoms with E-state index in [2.05, 4.69) is 6.58 Å². The van der Waals surface area contributed by atoms with E-state index >= 15 is 0 Å². The molecule has 0 aromatic heterocycles. The minimum Gasteiger partial charge on any atom is -0.507 e. The number of phenols is 3. The van der Waals surface area contributed by atoms with E-state index in [1.165, 1.54) is 19.1 Å². The van der Waals surface area contributed by atoms with Gasteiger partial charge in [0.2, 0.25) is 0 Å². The molecule has 118 valence electrons. The van der Waals surface area contributed by atoms with Crippen molar-refractivity contribution in [1.82, 2.24) is 0 Å². The molecule has 0 amide bonds. The number of hydrogen-bond acceptors (Lipinski definition) is 4. The van der Waals surface area contributed by atoms with Crippen LogP contribution in [0.25, 0.3) is 6.08 Å². The van der Waals surface area contributed by atoms with Crippen LogP contribution in [-0.4, -0.2) is 21.1 Å². The Labute approximate surface area is 134 Å². The Kier molecular flexibility index (Phi) is 4.86. The van der Waals surface area contributed by atoms with Crippen molar-refractivity contribution in [2.75, 3.05) is 0 Å². The molecule has 23 heavy (non-hydrogen) atoms. The fourth-order valence-electron chi connectivity index (χ4n) is 2.29. The predicted octanol–water partition coefficient (Wildman–Crippen LogP) is 3.74. The molecule has 4 heteroatoms. The van der Waals surface area contributed by atoms with E-state index in [1.807, 2.05) is 30.3 Å². The molecule has 0 aliphatic carbocycles. The van der Waals surface area contributed by atoms with Crippen molar-refractivity contribution in [3.8, 4) is 17.2 Å².